The fraction of sp³-hybridized carbons (Fsp3) is 0. The highest BCUT2D eigenvalue weighted by atomic mass is 35.5. The highest BCUT2D eigenvalue weighted by Crippen LogP contribution is 2.37. The number of nitrogens with zero attached hydrogens (tertiary/aromatic N) is 1. The van der Waals surface area contributed by atoms with Crippen molar-refractivity contribution in [2.24, 2.45) is 0 Å². The fourth-order valence-electron chi connectivity index (χ4n) is 1.48. The molecule has 0 amide bonds. The van der Waals surface area contributed by atoms with Gasteiger partial charge in [0.1, 0.15) is 5.15 Å². The molecule has 0 aliphatic heterocycles. The molecule has 0 unspecified atom stereocenters. The van der Waals surface area contributed by atoms with Gasteiger partial charge < -0.3 is 5.11 Å². The summed E-state index contributed by atoms with van der Waals surface area (Å²) in [5.41, 5.74) is 0.850. The van der Waals surface area contributed by atoms with Crippen molar-refractivity contribution in [3.8, 4) is 11.1 Å². The molecule has 0 aliphatic rings. The zero-order valence-electron chi connectivity index (χ0n) is 9.12. The quantitative estimate of drug-likeness (QED) is 0.616. The molecule has 3 nitrogen and oxygen atoms in total. The lowest BCUT2D eigenvalue weighted by Gasteiger charge is -2.09. The second-order valence-corrected chi connectivity index (χ2v) is 5.19. The highest BCUT2D eigenvalue weighted by molar-refractivity contribution is 6.44. The van der Waals surface area contributed by atoms with Gasteiger partial charge in [-0.1, -0.05) is 46.4 Å². The van der Waals surface area contributed by atoms with E-state index in [1.807, 2.05) is 0 Å². The monoisotopic (exact) mass is 335 g/mol. The normalized spacial score (nSPS) is 10.5. The standard InChI is InChI=1S/C12H5Cl4NO2/c13-8-3-10(15)9(14)2-6(8)7-1-5(12(18)19)4-17-11(7)16/h1-4H,(H,18,19). The Morgan fingerprint density at radius 1 is 0.947 bits per heavy atom. The van der Waals surface area contributed by atoms with Crippen LogP contribution in [-0.2, 0) is 0 Å². The predicted molar refractivity (Wildman–Crippen MR) is 76.7 cm³/mol. The minimum Gasteiger partial charge on any atom is -0.478 e. The van der Waals surface area contributed by atoms with E-state index >= 15 is 0 Å². The summed E-state index contributed by atoms with van der Waals surface area (Å²) in [6, 6.07) is 4.36. The van der Waals surface area contributed by atoms with Crippen LogP contribution in [-0.4, -0.2) is 16.1 Å². The van der Waals surface area contributed by atoms with Crippen LogP contribution in [0.5, 0.6) is 0 Å². The maximum atomic E-state index is 10.9. The molecular weight excluding hydrogens is 332 g/mol. The number of aromatic nitrogens is 1. The van der Waals surface area contributed by atoms with Crippen LogP contribution >= 0.6 is 46.4 Å². The summed E-state index contributed by atoms with van der Waals surface area (Å²) < 4.78 is 0. The summed E-state index contributed by atoms with van der Waals surface area (Å²) in [4.78, 5) is 14.8. The van der Waals surface area contributed by atoms with E-state index in [2.05, 4.69) is 4.98 Å². The number of hydrogen-bond acceptors (Lipinski definition) is 2. The van der Waals surface area contributed by atoms with Crippen LogP contribution in [0.15, 0.2) is 24.4 Å². The molecule has 0 saturated heterocycles. The molecule has 2 aromatic rings. The van der Waals surface area contributed by atoms with Gasteiger partial charge in [-0.25, -0.2) is 9.78 Å². The Hall–Kier alpha value is -1.000. The maximum absolute atomic E-state index is 10.9. The van der Waals surface area contributed by atoms with Crippen molar-refractivity contribution in [3.05, 3.63) is 50.2 Å². The topological polar surface area (TPSA) is 50.2 Å². The molecule has 98 valence electrons. The first-order valence-electron chi connectivity index (χ1n) is 4.94. The largest absolute Gasteiger partial charge is 0.478 e. The molecule has 0 atom stereocenters. The summed E-state index contributed by atoms with van der Waals surface area (Å²) in [7, 11) is 0. The fourth-order valence-corrected chi connectivity index (χ4v) is 2.34. The molecule has 2 rings (SSSR count). The van der Waals surface area contributed by atoms with Crippen LogP contribution in [0.4, 0.5) is 0 Å². The summed E-state index contributed by atoms with van der Waals surface area (Å²) in [6.45, 7) is 0. The Morgan fingerprint density at radius 2 is 1.58 bits per heavy atom. The molecule has 1 heterocycles. The Bertz CT molecular complexity index is 673. The smallest absolute Gasteiger partial charge is 0.337 e. The van der Waals surface area contributed by atoms with Crippen LogP contribution in [0.25, 0.3) is 11.1 Å². The first-order valence-corrected chi connectivity index (χ1v) is 6.45. The molecule has 0 saturated carbocycles. The van der Waals surface area contributed by atoms with Gasteiger partial charge in [-0.05, 0) is 18.2 Å². The van der Waals surface area contributed by atoms with Crippen LogP contribution < -0.4 is 0 Å². The number of benzene rings is 1. The van der Waals surface area contributed by atoms with Crippen LogP contribution in [0, 0.1) is 0 Å². The van der Waals surface area contributed by atoms with E-state index in [1.54, 1.807) is 0 Å². The van der Waals surface area contributed by atoms with Crippen molar-refractivity contribution in [3.63, 3.8) is 0 Å². The first-order chi connectivity index (χ1) is 8.90. The van der Waals surface area contributed by atoms with E-state index in [4.69, 9.17) is 51.5 Å². The molecule has 19 heavy (non-hydrogen) atoms. The summed E-state index contributed by atoms with van der Waals surface area (Å²) in [5.74, 6) is -1.11. The SMILES string of the molecule is O=C(O)c1cnc(Cl)c(-c2cc(Cl)c(Cl)cc2Cl)c1. The molecule has 7 heteroatoms. The van der Waals surface area contributed by atoms with Crippen LogP contribution in [0.3, 0.4) is 0 Å². The number of hydrogen-bond donors (Lipinski definition) is 1. The van der Waals surface area contributed by atoms with Gasteiger partial charge >= 0.3 is 5.97 Å². The Morgan fingerprint density at radius 3 is 2.21 bits per heavy atom. The van der Waals surface area contributed by atoms with E-state index < -0.39 is 5.97 Å². The third kappa shape index (κ3) is 2.95. The molecular formula is C12H5Cl4NO2. The minimum absolute atomic E-state index is 0.00143. The number of carboxylic acids is 1. The van der Waals surface area contributed by atoms with Gasteiger partial charge in [0.15, 0.2) is 0 Å². The number of pyridine rings is 1. The van der Waals surface area contributed by atoms with Gasteiger partial charge in [0, 0.05) is 17.3 Å². The van der Waals surface area contributed by atoms with E-state index in [0.717, 1.165) is 0 Å². The van der Waals surface area contributed by atoms with Gasteiger partial charge in [0.05, 0.1) is 20.6 Å². The molecule has 1 N–H and O–H groups in total. The van der Waals surface area contributed by atoms with E-state index in [0.29, 0.717) is 21.2 Å². The summed E-state index contributed by atoms with van der Waals surface area (Å²) >= 11 is 23.8. The highest BCUT2D eigenvalue weighted by Gasteiger charge is 2.14. The first kappa shape index (κ1) is 14.4. The third-order valence-corrected chi connectivity index (χ3v) is 3.72. The molecule has 1 aromatic carbocycles. The number of rotatable bonds is 2. The molecule has 0 radical (unpaired) electrons. The summed E-state index contributed by atoms with van der Waals surface area (Å²) in [5, 5.41) is 9.98. The average molecular weight is 337 g/mol. The molecule has 0 bridgehead atoms. The van der Waals surface area contributed by atoms with Crippen molar-refractivity contribution in [2.45, 2.75) is 0 Å². The second kappa shape index (κ2) is 5.55. The molecule has 0 spiro atoms. The van der Waals surface area contributed by atoms with E-state index in [9.17, 15) is 4.79 Å². The van der Waals surface area contributed by atoms with Crippen molar-refractivity contribution >= 4 is 52.4 Å². The number of aromatic carboxylic acids is 1. The van der Waals surface area contributed by atoms with E-state index in [-0.39, 0.29) is 15.7 Å². The number of halogens is 4. The zero-order chi connectivity index (χ0) is 14.2. The van der Waals surface area contributed by atoms with Gasteiger partial charge in [-0.3, -0.25) is 0 Å². The Labute approximate surface area is 128 Å². The number of carboxylic acid groups (broad SMARTS) is 1. The van der Waals surface area contributed by atoms with Crippen molar-refractivity contribution < 1.29 is 9.90 Å². The van der Waals surface area contributed by atoms with Gasteiger partial charge in [0.2, 0.25) is 0 Å². The molecule has 0 aliphatic carbocycles. The van der Waals surface area contributed by atoms with Crippen molar-refractivity contribution in [2.75, 3.05) is 0 Å². The maximum Gasteiger partial charge on any atom is 0.337 e. The Kier molecular flexibility index (Phi) is 4.21. The Balaban J connectivity index is 2.67. The van der Waals surface area contributed by atoms with Crippen molar-refractivity contribution in [1.29, 1.82) is 0 Å². The van der Waals surface area contributed by atoms with Crippen LogP contribution in [0.2, 0.25) is 20.2 Å². The lowest BCUT2D eigenvalue weighted by atomic mass is 10.1. The van der Waals surface area contributed by atoms with Crippen LogP contribution in [0.1, 0.15) is 10.4 Å². The molecule has 1 aromatic heterocycles. The second-order valence-electron chi connectivity index (χ2n) is 3.61. The van der Waals surface area contributed by atoms with Gasteiger partial charge in [0.25, 0.3) is 0 Å². The number of carbonyl (C=O) groups is 1. The third-order valence-electron chi connectivity index (χ3n) is 2.39. The van der Waals surface area contributed by atoms with Gasteiger partial charge in [-0.2, -0.15) is 0 Å². The average Bonchev–Trinajstić information content (AvgIpc) is 2.34. The molecule has 0 fully saturated rings. The minimum atomic E-state index is -1.11. The zero-order valence-corrected chi connectivity index (χ0v) is 12.1. The lowest BCUT2D eigenvalue weighted by molar-refractivity contribution is 0.0696. The van der Waals surface area contributed by atoms with Crippen molar-refractivity contribution in [1.82, 2.24) is 4.98 Å². The van der Waals surface area contributed by atoms with Gasteiger partial charge in [-0.15, -0.1) is 0 Å². The predicted octanol–water partition coefficient (Wildman–Crippen LogP) is 5.06. The van der Waals surface area contributed by atoms with E-state index in [1.165, 1.54) is 24.4 Å². The summed E-state index contributed by atoms with van der Waals surface area (Å²) in [6.07, 6.45) is 1.17. The lowest BCUT2D eigenvalue weighted by Crippen LogP contribution is -1.98.